The minimum absolute atomic E-state index is 0.171. The van der Waals surface area contributed by atoms with Crippen molar-refractivity contribution >= 4 is 5.91 Å². The molecule has 9 nitrogen and oxygen atoms in total. The first-order valence-corrected chi connectivity index (χ1v) is 30.4. The number of aliphatic hydroxyl groups excluding tert-OH is 5. The van der Waals surface area contributed by atoms with Crippen molar-refractivity contribution in [2.75, 3.05) is 13.2 Å². The first kappa shape index (κ1) is 65.9. The summed E-state index contributed by atoms with van der Waals surface area (Å²) in [6.07, 6.45) is 56.0. The van der Waals surface area contributed by atoms with Crippen LogP contribution in [0.2, 0.25) is 0 Å². The van der Waals surface area contributed by atoms with E-state index in [0.29, 0.717) is 6.42 Å². The molecule has 0 aromatic rings. The predicted octanol–water partition coefficient (Wildman–Crippen LogP) is 15.2. The van der Waals surface area contributed by atoms with E-state index < -0.39 is 49.5 Å². The van der Waals surface area contributed by atoms with Gasteiger partial charge in [-0.25, -0.2) is 0 Å². The Morgan fingerprint density at radius 2 is 0.797 bits per heavy atom. The maximum absolute atomic E-state index is 13.0. The molecule has 6 N–H and O–H groups in total. The van der Waals surface area contributed by atoms with Crippen molar-refractivity contribution in [3.63, 3.8) is 0 Å². The van der Waals surface area contributed by atoms with Gasteiger partial charge >= 0.3 is 0 Å². The van der Waals surface area contributed by atoms with E-state index in [4.69, 9.17) is 9.47 Å². The number of nitrogens with one attached hydrogen (secondary N) is 1. The molecule has 0 aromatic heterocycles. The van der Waals surface area contributed by atoms with E-state index >= 15 is 0 Å². The van der Waals surface area contributed by atoms with Crippen molar-refractivity contribution in [3.8, 4) is 0 Å². The SMILES string of the molecule is CCCCCCCCCCCC/C=C/[C@@H](O)[C@H](CO[C@@H]1O[C@H](CO)[C@@H](O)C(O)C1O)NC(=O)CCCCCCCCCCCCCCCCCCCCCCCCCCCCCCCCCCCC. The molecule has 1 amide bonds. The summed E-state index contributed by atoms with van der Waals surface area (Å²) in [7, 11) is 0. The van der Waals surface area contributed by atoms with Crippen LogP contribution in [-0.4, -0.2) is 87.5 Å². The van der Waals surface area contributed by atoms with E-state index in [1.165, 1.54) is 250 Å². The van der Waals surface area contributed by atoms with Gasteiger partial charge in [-0.15, -0.1) is 0 Å². The molecule has 0 aliphatic carbocycles. The molecule has 2 unspecified atom stereocenters. The molecule has 0 saturated carbocycles. The van der Waals surface area contributed by atoms with Gasteiger partial charge < -0.3 is 40.3 Å². The molecule has 69 heavy (non-hydrogen) atoms. The Hall–Kier alpha value is -1.07. The first-order chi connectivity index (χ1) is 33.8. The van der Waals surface area contributed by atoms with E-state index in [2.05, 4.69) is 19.2 Å². The number of unbranched alkanes of at least 4 members (excludes halogenated alkanes) is 43. The molecular formula is C60H117NO8. The molecule has 1 saturated heterocycles. The molecule has 9 heteroatoms. The number of aliphatic hydroxyl groups is 5. The number of carbonyl (C=O) groups excluding carboxylic acids is 1. The Kier molecular flexibility index (Phi) is 48.2. The summed E-state index contributed by atoms with van der Waals surface area (Å²) in [5.74, 6) is -0.171. The highest BCUT2D eigenvalue weighted by Gasteiger charge is 2.44. The Bertz CT molecular complexity index is 1090. The summed E-state index contributed by atoms with van der Waals surface area (Å²) >= 11 is 0. The highest BCUT2D eigenvalue weighted by molar-refractivity contribution is 5.76. The quantitative estimate of drug-likeness (QED) is 0.0261. The fourth-order valence-corrected chi connectivity index (χ4v) is 10.0. The van der Waals surface area contributed by atoms with Gasteiger partial charge in [0.05, 0.1) is 25.4 Å². The molecule has 1 aliphatic rings. The maximum atomic E-state index is 13.0. The van der Waals surface area contributed by atoms with Crippen molar-refractivity contribution in [2.45, 2.75) is 352 Å². The largest absolute Gasteiger partial charge is 0.394 e. The van der Waals surface area contributed by atoms with Crippen LogP contribution in [0.5, 0.6) is 0 Å². The molecule has 410 valence electrons. The fraction of sp³-hybridized carbons (Fsp3) is 0.950. The zero-order chi connectivity index (χ0) is 50.1. The van der Waals surface area contributed by atoms with Gasteiger partial charge in [-0.2, -0.15) is 0 Å². The van der Waals surface area contributed by atoms with Crippen LogP contribution < -0.4 is 5.32 Å². The molecule has 0 radical (unpaired) electrons. The molecule has 1 fully saturated rings. The summed E-state index contributed by atoms with van der Waals surface area (Å²) in [6, 6.07) is -0.799. The predicted molar refractivity (Wildman–Crippen MR) is 291 cm³/mol. The van der Waals surface area contributed by atoms with Gasteiger partial charge in [0.15, 0.2) is 6.29 Å². The second-order valence-electron chi connectivity index (χ2n) is 21.5. The third-order valence-corrected chi connectivity index (χ3v) is 14.9. The maximum Gasteiger partial charge on any atom is 0.220 e. The van der Waals surface area contributed by atoms with Crippen LogP contribution >= 0.6 is 0 Å². The summed E-state index contributed by atoms with van der Waals surface area (Å²) in [6.45, 7) is 3.80. The average molecular weight is 981 g/mol. The summed E-state index contributed by atoms with van der Waals surface area (Å²) in [4.78, 5) is 13.0. The van der Waals surface area contributed by atoms with Crippen LogP contribution in [0.1, 0.15) is 309 Å². The van der Waals surface area contributed by atoms with E-state index in [1.807, 2.05) is 6.08 Å². The van der Waals surface area contributed by atoms with Gasteiger partial charge in [0.1, 0.15) is 24.4 Å². The lowest BCUT2D eigenvalue weighted by atomic mass is 9.99. The van der Waals surface area contributed by atoms with Gasteiger partial charge in [-0.1, -0.05) is 296 Å². The molecular weight excluding hydrogens is 863 g/mol. The molecule has 1 aliphatic heterocycles. The highest BCUT2D eigenvalue weighted by Crippen LogP contribution is 2.23. The average Bonchev–Trinajstić information content (AvgIpc) is 3.35. The minimum atomic E-state index is -1.56. The van der Waals surface area contributed by atoms with E-state index in [-0.39, 0.29) is 12.5 Å². The van der Waals surface area contributed by atoms with Gasteiger partial charge in [-0.05, 0) is 19.3 Å². The van der Waals surface area contributed by atoms with Crippen LogP contribution in [-0.2, 0) is 14.3 Å². The smallest absolute Gasteiger partial charge is 0.220 e. The molecule has 0 spiro atoms. The van der Waals surface area contributed by atoms with Crippen LogP contribution in [0.25, 0.3) is 0 Å². The number of allylic oxidation sites excluding steroid dienone is 1. The minimum Gasteiger partial charge on any atom is -0.394 e. The van der Waals surface area contributed by atoms with Crippen LogP contribution in [0, 0.1) is 0 Å². The normalized spacial score (nSPS) is 19.4. The van der Waals surface area contributed by atoms with Crippen molar-refractivity contribution in [2.24, 2.45) is 0 Å². The fourth-order valence-electron chi connectivity index (χ4n) is 10.0. The van der Waals surface area contributed by atoms with Gasteiger partial charge in [-0.3, -0.25) is 4.79 Å². The lowest BCUT2D eigenvalue weighted by molar-refractivity contribution is -0.302. The highest BCUT2D eigenvalue weighted by atomic mass is 16.7. The summed E-state index contributed by atoms with van der Waals surface area (Å²) in [5.41, 5.74) is 0. The Morgan fingerprint density at radius 1 is 0.478 bits per heavy atom. The molecule has 0 bridgehead atoms. The van der Waals surface area contributed by atoms with Gasteiger partial charge in [0.2, 0.25) is 5.91 Å². The zero-order valence-electron chi connectivity index (χ0n) is 45.6. The third-order valence-electron chi connectivity index (χ3n) is 14.9. The standard InChI is InChI=1S/C60H117NO8/c1-3-5-7-9-11-13-15-17-18-19-20-21-22-23-24-25-26-27-28-29-30-31-32-33-34-35-36-37-38-40-42-44-46-48-50-56(64)61-53(52-68-60-59(67)58(66)57(65)55(51-62)69-60)54(63)49-47-45-43-41-39-16-14-12-10-8-6-4-2/h47,49,53-55,57-60,62-63,65-67H,3-46,48,50-52H2,1-2H3,(H,61,64)/b49-47+/t53-,54+,55+,57+,58?,59?,60+/m0/s1. The summed E-state index contributed by atoms with van der Waals surface area (Å²) < 4.78 is 11.2. The Labute approximate surface area is 426 Å². The van der Waals surface area contributed by atoms with E-state index in [9.17, 15) is 30.3 Å². The van der Waals surface area contributed by atoms with Crippen LogP contribution in [0.3, 0.4) is 0 Å². The Balaban J connectivity index is 2.05. The lowest BCUT2D eigenvalue weighted by Gasteiger charge is -2.40. The van der Waals surface area contributed by atoms with Crippen molar-refractivity contribution in [3.05, 3.63) is 12.2 Å². The topological polar surface area (TPSA) is 149 Å². The second kappa shape index (κ2) is 50.5. The van der Waals surface area contributed by atoms with E-state index in [1.54, 1.807) is 6.08 Å². The lowest BCUT2D eigenvalue weighted by Crippen LogP contribution is -2.60. The number of hydrogen-bond donors (Lipinski definition) is 6. The van der Waals surface area contributed by atoms with Crippen LogP contribution in [0.15, 0.2) is 12.2 Å². The van der Waals surface area contributed by atoms with E-state index in [0.717, 1.165) is 38.5 Å². The van der Waals surface area contributed by atoms with Crippen molar-refractivity contribution in [1.29, 1.82) is 0 Å². The number of hydrogen-bond acceptors (Lipinski definition) is 8. The first-order valence-electron chi connectivity index (χ1n) is 30.4. The van der Waals surface area contributed by atoms with Crippen molar-refractivity contribution < 1.29 is 39.8 Å². The monoisotopic (exact) mass is 980 g/mol. The molecule has 0 aromatic carbocycles. The third kappa shape index (κ3) is 40.1. The zero-order valence-corrected chi connectivity index (χ0v) is 45.6. The van der Waals surface area contributed by atoms with Gasteiger partial charge in [0, 0.05) is 6.42 Å². The number of rotatable bonds is 53. The van der Waals surface area contributed by atoms with Crippen molar-refractivity contribution in [1.82, 2.24) is 5.32 Å². The number of carbonyl (C=O) groups is 1. The molecule has 7 atom stereocenters. The summed E-state index contributed by atoms with van der Waals surface area (Å²) in [5, 5.41) is 54.4. The Morgan fingerprint density at radius 3 is 1.13 bits per heavy atom. The van der Waals surface area contributed by atoms with Gasteiger partial charge in [0.25, 0.3) is 0 Å². The molecule has 1 heterocycles. The molecule has 1 rings (SSSR count). The second-order valence-corrected chi connectivity index (χ2v) is 21.5. The number of amides is 1. The van der Waals surface area contributed by atoms with Crippen LogP contribution in [0.4, 0.5) is 0 Å². The number of ether oxygens (including phenoxy) is 2.